The van der Waals surface area contributed by atoms with Gasteiger partial charge in [-0.15, -0.1) is 0 Å². The van der Waals surface area contributed by atoms with Gasteiger partial charge in [-0.05, 0) is 25.0 Å². The average Bonchev–Trinajstić information content (AvgIpc) is 3.01. The molecule has 0 saturated carbocycles. The summed E-state index contributed by atoms with van der Waals surface area (Å²) < 4.78 is 28.0. The Morgan fingerprint density at radius 2 is 2.04 bits per heavy atom. The van der Waals surface area contributed by atoms with Crippen molar-refractivity contribution in [1.82, 2.24) is 14.7 Å². The third kappa shape index (κ3) is 4.37. The van der Waals surface area contributed by atoms with Crippen LogP contribution in [0.5, 0.6) is 0 Å². The van der Waals surface area contributed by atoms with Crippen molar-refractivity contribution in [2.75, 3.05) is 37.0 Å². The molecule has 0 aliphatic carbocycles. The van der Waals surface area contributed by atoms with Gasteiger partial charge in [-0.2, -0.15) is 0 Å². The van der Waals surface area contributed by atoms with Crippen LogP contribution in [0.2, 0.25) is 0 Å². The summed E-state index contributed by atoms with van der Waals surface area (Å²) in [6.45, 7) is 2.36. The van der Waals surface area contributed by atoms with Gasteiger partial charge in [0.25, 0.3) is 0 Å². The normalized spacial score (nSPS) is 20.1. The first-order valence-corrected chi connectivity index (χ1v) is 10.3. The molecule has 2 aromatic rings. The van der Waals surface area contributed by atoms with Crippen LogP contribution in [0.1, 0.15) is 12.0 Å². The van der Waals surface area contributed by atoms with E-state index in [2.05, 4.69) is 14.7 Å². The van der Waals surface area contributed by atoms with E-state index < -0.39 is 16.1 Å². The molecule has 3 rings (SSSR count). The Hall–Kier alpha value is -2.23. The maximum absolute atomic E-state index is 12.7. The van der Waals surface area contributed by atoms with Crippen LogP contribution in [0.4, 0.5) is 11.6 Å². The quantitative estimate of drug-likeness (QED) is 0.750. The Morgan fingerprint density at radius 3 is 2.74 bits per heavy atom. The molecule has 0 radical (unpaired) electrons. The summed E-state index contributed by atoms with van der Waals surface area (Å²) in [7, 11) is 0.153. The van der Waals surface area contributed by atoms with E-state index in [1.165, 1.54) is 6.33 Å². The van der Waals surface area contributed by atoms with E-state index in [0.717, 1.165) is 5.82 Å². The molecule has 1 aliphatic heterocycles. The molecular weight excluding hydrogens is 366 g/mol. The number of aromatic nitrogens is 2. The minimum Gasteiger partial charge on any atom is -0.391 e. The van der Waals surface area contributed by atoms with Crippen molar-refractivity contribution >= 4 is 21.7 Å². The zero-order valence-corrected chi connectivity index (χ0v) is 16.5. The molecule has 0 unspecified atom stereocenters. The molecule has 0 spiro atoms. The Morgan fingerprint density at radius 1 is 1.30 bits per heavy atom. The molecule has 1 aromatic carbocycles. The topological polar surface area (TPSA) is 98.7 Å². The van der Waals surface area contributed by atoms with Crippen molar-refractivity contribution in [2.24, 2.45) is 0 Å². The van der Waals surface area contributed by atoms with Crippen molar-refractivity contribution in [3.8, 4) is 0 Å². The van der Waals surface area contributed by atoms with E-state index in [9.17, 15) is 13.5 Å². The number of nitrogens with one attached hydrogen (secondary N) is 1. The number of aliphatic hydroxyl groups is 1. The number of aryl methyl sites for hydroxylation is 1. The monoisotopic (exact) mass is 391 g/mol. The predicted octanol–water partition coefficient (Wildman–Crippen LogP) is 0.769. The minimum absolute atomic E-state index is 0.190. The summed E-state index contributed by atoms with van der Waals surface area (Å²) in [4.78, 5) is 12.6. The Bertz CT molecular complexity index is 903. The first-order chi connectivity index (χ1) is 12.8. The molecule has 8 nitrogen and oxygen atoms in total. The van der Waals surface area contributed by atoms with Crippen molar-refractivity contribution in [2.45, 2.75) is 30.4 Å². The van der Waals surface area contributed by atoms with Crippen molar-refractivity contribution < 1.29 is 13.5 Å². The van der Waals surface area contributed by atoms with Crippen LogP contribution >= 0.6 is 0 Å². The summed E-state index contributed by atoms with van der Waals surface area (Å²) in [5.74, 6) is 1.42. The number of aliphatic hydroxyl groups excluding tert-OH is 1. The standard InChI is InChI=1S/C18H25N5O3S/c1-13-6-4-5-7-16(13)27(25,26)21-10-14-8-15(24)11-23(14)18-9-17(22(2)3)19-12-20-18/h4-7,9,12,14-15,21,24H,8,10-11H2,1-3H3/t14-,15-/m1/s1. The zero-order chi connectivity index (χ0) is 19.6. The maximum Gasteiger partial charge on any atom is 0.240 e. The highest BCUT2D eigenvalue weighted by Crippen LogP contribution is 2.26. The largest absolute Gasteiger partial charge is 0.391 e. The van der Waals surface area contributed by atoms with Crippen LogP contribution in [-0.2, 0) is 10.0 Å². The molecule has 2 heterocycles. The highest BCUT2D eigenvalue weighted by molar-refractivity contribution is 7.89. The first kappa shape index (κ1) is 19.5. The van der Waals surface area contributed by atoms with Gasteiger partial charge in [0.2, 0.25) is 10.0 Å². The average molecular weight is 391 g/mol. The van der Waals surface area contributed by atoms with Crippen LogP contribution in [0, 0.1) is 6.92 Å². The van der Waals surface area contributed by atoms with E-state index in [-0.39, 0.29) is 17.5 Å². The molecule has 0 amide bonds. The molecule has 9 heteroatoms. The molecule has 1 aliphatic rings. The van der Waals surface area contributed by atoms with Gasteiger partial charge in [0.15, 0.2) is 0 Å². The number of rotatable bonds is 6. The molecule has 146 valence electrons. The number of sulfonamides is 1. The number of β-amino-alcohol motifs (C(OH)–C–C–N with tert-alkyl or cyclic N) is 1. The van der Waals surface area contributed by atoms with Gasteiger partial charge < -0.3 is 14.9 Å². The molecule has 0 bridgehead atoms. The molecule has 1 aromatic heterocycles. The highest BCUT2D eigenvalue weighted by atomic mass is 32.2. The Kier molecular flexibility index (Phi) is 5.64. The second-order valence-corrected chi connectivity index (χ2v) is 8.68. The highest BCUT2D eigenvalue weighted by Gasteiger charge is 2.33. The van der Waals surface area contributed by atoms with Crippen LogP contribution in [0.15, 0.2) is 41.6 Å². The van der Waals surface area contributed by atoms with Crippen molar-refractivity contribution in [3.05, 3.63) is 42.2 Å². The molecule has 2 N–H and O–H groups in total. The molecule has 1 fully saturated rings. The van der Waals surface area contributed by atoms with E-state index in [4.69, 9.17) is 0 Å². The van der Waals surface area contributed by atoms with Gasteiger partial charge in [0.1, 0.15) is 18.0 Å². The number of hydrogen-bond acceptors (Lipinski definition) is 7. The summed E-state index contributed by atoms with van der Waals surface area (Å²) >= 11 is 0. The first-order valence-electron chi connectivity index (χ1n) is 8.77. The summed E-state index contributed by atoms with van der Waals surface area (Å²) in [5.41, 5.74) is 0.694. The number of nitrogens with zero attached hydrogens (tertiary/aromatic N) is 4. The molecule has 27 heavy (non-hydrogen) atoms. The number of benzene rings is 1. The molecular formula is C18H25N5O3S. The van der Waals surface area contributed by atoms with Gasteiger partial charge in [-0.25, -0.2) is 23.1 Å². The predicted molar refractivity (Wildman–Crippen MR) is 104 cm³/mol. The molecule has 2 atom stereocenters. The lowest BCUT2D eigenvalue weighted by Crippen LogP contribution is -2.40. The van der Waals surface area contributed by atoms with Crippen LogP contribution < -0.4 is 14.5 Å². The fraction of sp³-hybridized carbons (Fsp3) is 0.444. The minimum atomic E-state index is -3.62. The van der Waals surface area contributed by atoms with Crippen molar-refractivity contribution in [3.63, 3.8) is 0 Å². The van der Waals surface area contributed by atoms with E-state index >= 15 is 0 Å². The second-order valence-electron chi connectivity index (χ2n) is 6.94. The van der Waals surface area contributed by atoms with Crippen LogP contribution in [0.3, 0.4) is 0 Å². The Labute approximate surface area is 159 Å². The fourth-order valence-electron chi connectivity index (χ4n) is 3.25. The third-order valence-corrected chi connectivity index (χ3v) is 6.26. The number of anilines is 2. The van der Waals surface area contributed by atoms with Gasteiger partial charge in [0.05, 0.1) is 11.0 Å². The smallest absolute Gasteiger partial charge is 0.240 e. The fourth-order valence-corrected chi connectivity index (χ4v) is 4.56. The van der Waals surface area contributed by atoms with Gasteiger partial charge in [0, 0.05) is 39.3 Å². The summed E-state index contributed by atoms with van der Waals surface area (Å²) in [5, 5.41) is 10.1. The second kappa shape index (κ2) is 7.79. The van der Waals surface area contributed by atoms with Crippen molar-refractivity contribution in [1.29, 1.82) is 0 Å². The summed E-state index contributed by atoms with van der Waals surface area (Å²) in [6, 6.07) is 8.51. The summed E-state index contributed by atoms with van der Waals surface area (Å²) in [6.07, 6.45) is 1.41. The maximum atomic E-state index is 12.7. The van der Waals surface area contributed by atoms with Gasteiger partial charge in [-0.1, -0.05) is 18.2 Å². The molecule has 1 saturated heterocycles. The van der Waals surface area contributed by atoms with Crippen LogP contribution in [-0.4, -0.2) is 62.8 Å². The van der Waals surface area contributed by atoms with E-state index in [1.54, 1.807) is 31.2 Å². The number of hydrogen-bond donors (Lipinski definition) is 2. The van der Waals surface area contributed by atoms with Gasteiger partial charge >= 0.3 is 0 Å². The lowest BCUT2D eigenvalue weighted by molar-refractivity contribution is 0.194. The third-order valence-electron chi connectivity index (χ3n) is 4.68. The SMILES string of the molecule is Cc1ccccc1S(=O)(=O)NC[C@H]1C[C@@H](O)CN1c1cc(N(C)C)ncn1. The Balaban J connectivity index is 1.77. The zero-order valence-electron chi connectivity index (χ0n) is 15.7. The van der Waals surface area contributed by atoms with Gasteiger partial charge in [-0.3, -0.25) is 0 Å². The van der Waals surface area contributed by atoms with E-state index in [1.807, 2.05) is 30.0 Å². The van der Waals surface area contributed by atoms with E-state index in [0.29, 0.717) is 24.3 Å². The van der Waals surface area contributed by atoms with Crippen LogP contribution in [0.25, 0.3) is 0 Å². The lowest BCUT2D eigenvalue weighted by atomic mass is 10.2. The lowest BCUT2D eigenvalue weighted by Gasteiger charge is -2.26.